The van der Waals surface area contributed by atoms with Crippen LogP contribution in [-0.4, -0.2) is 52.7 Å². The topological polar surface area (TPSA) is 46.4 Å². The molecule has 2 aromatic heterocycles. The van der Waals surface area contributed by atoms with Crippen molar-refractivity contribution in [1.29, 1.82) is 0 Å². The van der Waals surface area contributed by atoms with Crippen LogP contribution >= 0.6 is 0 Å². The van der Waals surface area contributed by atoms with E-state index in [1.165, 1.54) is 5.56 Å². The molecular formula is C20H23N5O. The first-order valence-electron chi connectivity index (χ1n) is 8.87. The molecule has 1 aromatic carbocycles. The molecule has 0 spiro atoms. The van der Waals surface area contributed by atoms with Gasteiger partial charge in [-0.1, -0.05) is 12.1 Å². The van der Waals surface area contributed by atoms with Gasteiger partial charge in [-0.3, -0.25) is 14.5 Å². The lowest BCUT2D eigenvalue weighted by Crippen LogP contribution is -2.46. The van der Waals surface area contributed by atoms with Crippen molar-refractivity contribution in [2.24, 2.45) is 0 Å². The molecule has 0 unspecified atom stereocenters. The highest BCUT2D eigenvalue weighted by molar-refractivity contribution is 5.47. The van der Waals surface area contributed by atoms with E-state index in [9.17, 15) is 0 Å². The van der Waals surface area contributed by atoms with Crippen LogP contribution in [0.15, 0.2) is 61.2 Å². The quantitative estimate of drug-likeness (QED) is 0.709. The molecule has 1 aliphatic heterocycles. The van der Waals surface area contributed by atoms with Crippen LogP contribution in [0.5, 0.6) is 5.75 Å². The zero-order chi connectivity index (χ0) is 17.8. The van der Waals surface area contributed by atoms with E-state index in [2.05, 4.69) is 36.5 Å². The fourth-order valence-corrected chi connectivity index (χ4v) is 3.35. The molecule has 0 N–H and O–H groups in total. The summed E-state index contributed by atoms with van der Waals surface area (Å²) in [5.74, 6) is 1.84. The van der Waals surface area contributed by atoms with Gasteiger partial charge in [0.1, 0.15) is 5.75 Å². The van der Waals surface area contributed by atoms with Gasteiger partial charge in [0.05, 0.1) is 12.8 Å². The molecule has 1 aliphatic rings. The molecule has 4 rings (SSSR count). The lowest BCUT2D eigenvalue weighted by atomic mass is 10.2. The molecule has 0 amide bonds. The minimum atomic E-state index is 0.850. The molecule has 134 valence electrons. The number of aromatic nitrogens is 3. The number of hydrogen-bond donors (Lipinski definition) is 0. The average Bonchev–Trinajstić information content (AvgIpc) is 3.19. The number of imidazole rings is 1. The van der Waals surface area contributed by atoms with Crippen LogP contribution < -0.4 is 9.64 Å². The second-order valence-corrected chi connectivity index (χ2v) is 6.42. The van der Waals surface area contributed by atoms with E-state index in [0.717, 1.165) is 50.1 Å². The van der Waals surface area contributed by atoms with Gasteiger partial charge in [0.25, 0.3) is 0 Å². The Balaban J connectivity index is 1.44. The lowest BCUT2D eigenvalue weighted by Gasteiger charge is -2.35. The number of anilines is 1. The summed E-state index contributed by atoms with van der Waals surface area (Å²) in [5, 5.41) is 0. The Morgan fingerprint density at radius 2 is 1.92 bits per heavy atom. The Hall–Kier alpha value is -2.86. The molecule has 6 heteroatoms. The summed E-state index contributed by atoms with van der Waals surface area (Å²) in [6.45, 7) is 4.90. The van der Waals surface area contributed by atoms with Gasteiger partial charge in [-0.05, 0) is 23.8 Å². The van der Waals surface area contributed by atoms with Crippen molar-refractivity contribution in [3.05, 3.63) is 66.7 Å². The monoisotopic (exact) mass is 349 g/mol. The first-order chi connectivity index (χ1) is 12.8. The number of rotatable bonds is 5. The molecular weight excluding hydrogens is 326 g/mol. The van der Waals surface area contributed by atoms with E-state index in [0.29, 0.717) is 0 Å². The molecule has 3 heterocycles. The fourth-order valence-electron chi connectivity index (χ4n) is 3.35. The zero-order valence-electron chi connectivity index (χ0n) is 15.0. The third-order valence-corrected chi connectivity index (χ3v) is 4.74. The van der Waals surface area contributed by atoms with Gasteiger partial charge in [0.2, 0.25) is 5.95 Å². The number of piperazine rings is 1. The van der Waals surface area contributed by atoms with Gasteiger partial charge < -0.3 is 9.64 Å². The highest BCUT2D eigenvalue weighted by atomic mass is 16.5. The predicted molar refractivity (Wildman–Crippen MR) is 102 cm³/mol. The summed E-state index contributed by atoms with van der Waals surface area (Å²) < 4.78 is 7.47. The minimum absolute atomic E-state index is 0.850. The molecule has 3 aromatic rings. The Morgan fingerprint density at radius 1 is 1.04 bits per heavy atom. The van der Waals surface area contributed by atoms with Crippen LogP contribution in [0.2, 0.25) is 0 Å². The summed E-state index contributed by atoms with van der Waals surface area (Å²) in [4.78, 5) is 13.6. The summed E-state index contributed by atoms with van der Waals surface area (Å²) >= 11 is 0. The molecule has 0 radical (unpaired) electrons. The minimum Gasteiger partial charge on any atom is -0.497 e. The first kappa shape index (κ1) is 16.6. The molecule has 0 saturated carbocycles. The highest BCUT2D eigenvalue weighted by Gasteiger charge is 2.21. The summed E-state index contributed by atoms with van der Waals surface area (Å²) in [6, 6.07) is 12.2. The van der Waals surface area contributed by atoms with E-state index in [4.69, 9.17) is 4.74 Å². The Labute approximate surface area is 153 Å². The SMILES string of the molecule is COc1cccc(-n2ccnc2N2CCN(Cc3cccnc3)CC2)c1. The van der Waals surface area contributed by atoms with Crippen molar-refractivity contribution in [3.8, 4) is 11.4 Å². The Bertz CT molecular complexity index is 840. The lowest BCUT2D eigenvalue weighted by molar-refractivity contribution is 0.248. The highest BCUT2D eigenvalue weighted by Crippen LogP contribution is 2.23. The van der Waals surface area contributed by atoms with Gasteiger partial charge in [-0.25, -0.2) is 4.98 Å². The van der Waals surface area contributed by atoms with Crippen LogP contribution in [0.1, 0.15) is 5.56 Å². The van der Waals surface area contributed by atoms with Crippen molar-refractivity contribution in [2.45, 2.75) is 6.54 Å². The number of pyridine rings is 1. The first-order valence-corrected chi connectivity index (χ1v) is 8.87. The van der Waals surface area contributed by atoms with Crippen LogP contribution in [-0.2, 0) is 6.54 Å². The number of methoxy groups -OCH3 is 1. The van der Waals surface area contributed by atoms with Gasteiger partial charge >= 0.3 is 0 Å². The van der Waals surface area contributed by atoms with Gasteiger partial charge in [0.15, 0.2) is 0 Å². The standard InChI is InChI=1S/C20H23N5O/c1-26-19-6-2-5-18(14-19)25-9-8-22-20(25)24-12-10-23(11-13-24)16-17-4-3-7-21-15-17/h2-9,14-15H,10-13,16H2,1H3. The number of benzene rings is 1. The molecule has 0 atom stereocenters. The maximum absolute atomic E-state index is 5.35. The van der Waals surface area contributed by atoms with Crippen molar-refractivity contribution in [1.82, 2.24) is 19.4 Å². The maximum Gasteiger partial charge on any atom is 0.210 e. The van der Waals surface area contributed by atoms with E-state index in [-0.39, 0.29) is 0 Å². The second-order valence-electron chi connectivity index (χ2n) is 6.42. The normalized spacial score (nSPS) is 15.2. The van der Waals surface area contributed by atoms with Crippen LogP contribution in [0, 0.1) is 0 Å². The largest absolute Gasteiger partial charge is 0.497 e. The van der Waals surface area contributed by atoms with Gasteiger partial charge in [-0.2, -0.15) is 0 Å². The van der Waals surface area contributed by atoms with Gasteiger partial charge in [0, 0.05) is 63.6 Å². The van der Waals surface area contributed by atoms with Crippen molar-refractivity contribution in [2.75, 3.05) is 38.2 Å². The molecule has 1 fully saturated rings. The van der Waals surface area contributed by atoms with E-state index < -0.39 is 0 Å². The summed E-state index contributed by atoms with van der Waals surface area (Å²) in [7, 11) is 1.69. The molecule has 26 heavy (non-hydrogen) atoms. The molecule has 0 bridgehead atoms. The maximum atomic E-state index is 5.35. The van der Waals surface area contributed by atoms with Crippen LogP contribution in [0.3, 0.4) is 0 Å². The second kappa shape index (κ2) is 7.58. The van der Waals surface area contributed by atoms with Crippen molar-refractivity contribution < 1.29 is 4.74 Å². The fraction of sp³-hybridized carbons (Fsp3) is 0.300. The van der Waals surface area contributed by atoms with Crippen molar-refractivity contribution >= 4 is 5.95 Å². The zero-order valence-corrected chi connectivity index (χ0v) is 15.0. The average molecular weight is 349 g/mol. The van der Waals surface area contributed by atoms with E-state index in [1.807, 2.05) is 49.1 Å². The summed E-state index contributed by atoms with van der Waals surface area (Å²) in [5.41, 5.74) is 2.33. The third-order valence-electron chi connectivity index (χ3n) is 4.74. The van der Waals surface area contributed by atoms with Crippen molar-refractivity contribution in [3.63, 3.8) is 0 Å². The van der Waals surface area contributed by atoms with E-state index in [1.54, 1.807) is 7.11 Å². The number of nitrogens with zero attached hydrogens (tertiary/aromatic N) is 5. The third kappa shape index (κ3) is 3.55. The molecule has 1 saturated heterocycles. The smallest absolute Gasteiger partial charge is 0.210 e. The Kier molecular flexibility index (Phi) is 4.84. The van der Waals surface area contributed by atoms with Crippen LogP contribution in [0.4, 0.5) is 5.95 Å². The number of ether oxygens (including phenoxy) is 1. The Morgan fingerprint density at radius 3 is 2.69 bits per heavy atom. The molecule has 6 nitrogen and oxygen atoms in total. The van der Waals surface area contributed by atoms with E-state index >= 15 is 0 Å². The van der Waals surface area contributed by atoms with Gasteiger partial charge in [-0.15, -0.1) is 0 Å². The molecule has 0 aliphatic carbocycles. The number of hydrogen-bond acceptors (Lipinski definition) is 5. The van der Waals surface area contributed by atoms with Crippen LogP contribution in [0.25, 0.3) is 5.69 Å². The summed E-state index contributed by atoms with van der Waals surface area (Å²) in [6.07, 6.45) is 7.63. The predicted octanol–water partition coefficient (Wildman–Crippen LogP) is 2.60.